The fraction of sp³-hybridized carbons (Fsp3) is 0.346. The zero-order valence-corrected chi connectivity index (χ0v) is 20.0. The van der Waals surface area contributed by atoms with Gasteiger partial charge in [0.25, 0.3) is 5.91 Å². The van der Waals surface area contributed by atoms with Gasteiger partial charge in [-0.25, -0.2) is 4.68 Å². The van der Waals surface area contributed by atoms with Crippen LogP contribution in [0.5, 0.6) is 0 Å². The van der Waals surface area contributed by atoms with E-state index in [2.05, 4.69) is 10.4 Å². The zero-order chi connectivity index (χ0) is 23.5. The van der Waals surface area contributed by atoms with Crippen LogP contribution in [0.3, 0.4) is 0 Å². The molecule has 176 valence electrons. The maximum absolute atomic E-state index is 13.6. The summed E-state index contributed by atoms with van der Waals surface area (Å²) in [5, 5.41) is 8.73. The summed E-state index contributed by atoms with van der Waals surface area (Å²) in [5.41, 5.74) is 1.81. The number of rotatable bonds is 7. The van der Waals surface area contributed by atoms with Gasteiger partial charge in [0.1, 0.15) is 17.1 Å². The summed E-state index contributed by atoms with van der Waals surface area (Å²) in [4.78, 5) is 29.5. The van der Waals surface area contributed by atoms with Crippen molar-refractivity contribution in [1.29, 1.82) is 0 Å². The average Bonchev–Trinajstić information content (AvgIpc) is 3.58. The predicted octanol–water partition coefficient (Wildman–Crippen LogP) is 5.08. The smallest absolute Gasteiger partial charge is 0.264 e. The quantitative estimate of drug-likeness (QED) is 0.403. The molecule has 1 N–H and O–H groups in total. The Bertz CT molecular complexity index is 1270. The molecule has 1 fully saturated rings. The van der Waals surface area contributed by atoms with Crippen molar-refractivity contribution in [2.75, 3.05) is 6.54 Å². The molecule has 34 heavy (non-hydrogen) atoms. The van der Waals surface area contributed by atoms with Crippen LogP contribution < -0.4 is 5.32 Å². The van der Waals surface area contributed by atoms with E-state index in [1.165, 1.54) is 17.8 Å². The summed E-state index contributed by atoms with van der Waals surface area (Å²) in [6.45, 7) is 2.18. The largest absolute Gasteiger partial charge is 0.467 e. The van der Waals surface area contributed by atoms with Gasteiger partial charge in [-0.3, -0.25) is 9.59 Å². The number of hydrogen-bond acceptors (Lipinski definition) is 5. The molecular formula is C26H28N4O3S. The lowest BCUT2D eigenvalue weighted by atomic mass is 9.95. The van der Waals surface area contributed by atoms with Crippen molar-refractivity contribution in [2.45, 2.75) is 51.6 Å². The number of amides is 2. The van der Waals surface area contributed by atoms with Crippen molar-refractivity contribution in [3.8, 4) is 5.69 Å². The summed E-state index contributed by atoms with van der Waals surface area (Å²) >= 11 is 1.40. The van der Waals surface area contributed by atoms with Crippen LogP contribution in [0.25, 0.3) is 15.9 Å². The maximum Gasteiger partial charge on any atom is 0.264 e. The van der Waals surface area contributed by atoms with Crippen molar-refractivity contribution in [2.24, 2.45) is 0 Å². The van der Waals surface area contributed by atoms with Crippen LogP contribution in [-0.4, -0.2) is 39.1 Å². The van der Waals surface area contributed by atoms with Crippen molar-refractivity contribution < 1.29 is 14.0 Å². The monoisotopic (exact) mass is 476 g/mol. The van der Waals surface area contributed by atoms with Crippen molar-refractivity contribution in [1.82, 2.24) is 20.0 Å². The number of para-hydroxylation sites is 1. The number of nitrogens with one attached hydrogen (secondary N) is 1. The lowest BCUT2D eigenvalue weighted by Gasteiger charge is -2.25. The molecule has 0 saturated heterocycles. The number of fused-ring (bicyclic) bond motifs is 1. The van der Waals surface area contributed by atoms with Gasteiger partial charge < -0.3 is 14.6 Å². The fourth-order valence-electron chi connectivity index (χ4n) is 4.54. The van der Waals surface area contributed by atoms with Crippen molar-refractivity contribution >= 4 is 33.4 Å². The Morgan fingerprint density at radius 1 is 1.15 bits per heavy atom. The van der Waals surface area contributed by atoms with Gasteiger partial charge in [-0.2, -0.15) is 5.10 Å². The lowest BCUT2D eigenvalue weighted by Crippen LogP contribution is -2.44. The molecule has 5 rings (SSSR count). The lowest BCUT2D eigenvalue weighted by molar-refractivity contribution is -0.122. The molecule has 1 aliphatic carbocycles. The molecule has 0 radical (unpaired) electrons. The second kappa shape index (κ2) is 9.85. The highest BCUT2D eigenvalue weighted by atomic mass is 32.1. The number of aryl methyl sites for hydroxylation is 1. The second-order valence-corrected chi connectivity index (χ2v) is 9.84. The molecule has 7 nitrogen and oxygen atoms in total. The van der Waals surface area contributed by atoms with Gasteiger partial charge in [-0.05, 0) is 50.1 Å². The van der Waals surface area contributed by atoms with Crippen LogP contribution >= 0.6 is 11.3 Å². The molecule has 1 saturated carbocycles. The van der Waals surface area contributed by atoms with Crippen molar-refractivity contribution in [3.63, 3.8) is 0 Å². The second-order valence-electron chi connectivity index (χ2n) is 8.81. The fourth-order valence-corrected chi connectivity index (χ4v) is 5.69. The van der Waals surface area contributed by atoms with Gasteiger partial charge in [0.05, 0.1) is 29.1 Å². The first-order valence-electron chi connectivity index (χ1n) is 11.7. The van der Waals surface area contributed by atoms with Gasteiger partial charge in [0.2, 0.25) is 5.91 Å². The van der Waals surface area contributed by atoms with Gasteiger partial charge in [-0.15, -0.1) is 11.3 Å². The molecule has 3 aromatic heterocycles. The molecular weight excluding hydrogens is 448 g/mol. The van der Waals surface area contributed by atoms with E-state index in [1.807, 2.05) is 54.1 Å². The van der Waals surface area contributed by atoms with Crippen LogP contribution in [0.1, 0.15) is 53.2 Å². The third-order valence-corrected chi connectivity index (χ3v) is 7.37. The van der Waals surface area contributed by atoms with Gasteiger partial charge in [0.15, 0.2) is 0 Å². The first-order chi connectivity index (χ1) is 16.6. The summed E-state index contributed by atoms with van der Waals surface area (Å²) in [6.07, 6.45) is 7.09. The molecule has 0 aliphatic heterocycles. The Kier molecular flexibility index (Phi) is 6.49. The molecule has 1 aromatic carbocycles. The molecule has 3 heterocycles. The third-order valence-electron chi connectivity index (χ3n) is 6.27. The van der Waals surface area contributed by atoms with Gasteiger partial charge in [-0.1, -0.05) is 37.5 Å². The normalized spacial score (nSPS) is 14.4. The standard InChI is InChI=1S/C26H28N4O3S/c1-18-22-15-23(34-26(22)30(28-18)20-11-6-3-7-12-20)25(32)29(16-21-13-8-14-33-21)17-24(31)27-19-9-4-2-5-10-19/h3,6-8,11-15,19H,2,4-5,9-10,16-17H2,1H3,(H,27,31). The minimum absolute atomic E-state index is 0.00588. The molecule has 0 bridgehead atoms. The SMILES string of the molecule is Cc1nn(-c2ccccc2)c2sc(C(=O)N(CC(=O)NC3CCCCC3)Cc3ccco3)cc12. The van der Waals surface area contributed by atoms with Crippen LogP contribution in [0.15, 0.2) is 59.2 Å². The van der Waals surface area contributed by atoms with E-state index < -0.39 is 0 Å². The van der Waals surface area contributed by atoms with E-state index >= 15 is 0 Å². The maximum atomic E-state index is 13.6. The van der Waals surface area contributed by atoms with Crippen LogP contribution in [-0.2, 0) is 11.3 Å². The van der Waals surface area contributed by atoms with E-state index in [9.17, 15) is 9.59 Å². The molecule has 0 unspecified atom stereocenters. The Balaban J connectivity index is 1.40. The highest BCUT2D eigenvalue weighted by molar-refractivity contribution is 7.20. The molecule has 8 heteroatoms. The minimum Gasteiger partial charge on any atom is -0.467 e. The number of thiophene rings is 1. The molecule has 0 spiro atoms. The molecule has 4 aromatic rings. The van der Waals surface area contributed by atoms with Crippen LogP contribution in [0.4, 0.5) is 0 Å². The van der Waals surface area contributed by atoms with Crippen LogP contribution in [0.2, 0.25) is 0 Å². The van der Waals surface area contributed by atoms with Gasteiger partial charge in [0, 0.05) is 11.4 Å². The molecule has 0 atom stereocenters. The van der Waals surface area contributed by atoms with Gasteiger partial charge >= 0.3 is 0 Å². The summed E-state index contributed by atoms with van der Waals surface area (Å²) in [6, 6.07) is 15.6. The Labute approximate surface area is 202 Å². The Morgan fingerprint density at radius 3 is 2.68 bits per heavy atom. The highest BCUT2D eigenvalue weighted by Gasteiger charge is 2.25. The summed E-state index contributed by atoms with van der Waals surface area (Å²) in [5.74, 6) is 0.335. The minimum atomic E-state index is -0.185. The highest BCUT2D eigenvalue weighted by Crippen LogP contribution is 2.31. The molecule has 2 amide bonds. The summed E-state index contributed by atoms with van der Waals surface area (Å²) < 4.78 is 7.36. The predicted molar refractivity (Wildman–Crippen MR) is 132 cm³/mol. The van der Waals surface area contributed by atoms with E-state index in [0.29, 0.717) is 10.6 Å². The molecule has 1 aliphatic rings. The van der Waals surface area contributed by atoms with Crippen molar-refractivity contribution in [3.05, 3.63) is 71.1 Å². The first-order valence-corrected chi connectivity index (χ1v) is 12.6. The number of furan rings is 1. The van der Waals surface area contributed by atoms with Crippen LogP contribution in [0, 0.1) is 6.92 Å². The number of nitrogens with zero attached hydrogens (tertiary/aromatic N) is 3. The number of carbonyl (C=O) groups excluding carboxylic acids is 2. The van der Waals surface area contributed by atoms with E-state index in [1.54, 1.807) is 17.2 Å². The zero-order valence-electron chi connectivity index (χ0n) is 19.2. The average molecular weight is 477 g/mol. The Hall–Kier alpha value is -3.39. The third kappa shape index (κ3) is 4.77. The van der Waals surface area contributed by atoms with E-state index in [0.717, 1.165) is 47.3 Å². The number of hydrogen-bond donors (Lipinski definition) is 1. The number of aromatic nitrogens is 2. The first kappa shape index (κ1) is 22.4. The number of benzene rings is 1. The number of carbonyl (C=O) groups is 2. The van der Waals surface area contributed by atoms with E-state index in [4.69, 9.17) is 4.42 Å². The Morgan fingerprint density at radius 2 is 1.94 bits per heavy atom. The topological polar surface area (TPSA) is 80.4 Å². The van der Waals surface area contributed by atoms with E-state index in [-0.39, 0.29) is 30.9 Å². The summed E-state index contributed by atoms with van der Waals surface area (Å²) in [7, 11) is 0.